The molecule has 54 valence electrons. The van der Waals surface area contributed by atoms with E-state index in [0.29, 0.717) is 0 Å². The molecule has 10 heavy (non-hydrogen) atoms. The third kappa shape index (κ3) is 1.63. The van der Waals surface area contributed by atoms with Crippen LogP contribution in [0.4, 0.5) is 5.69 Å². The molecule has 1 rings (SSSR count). The molecular weight excluding hydrogens is 128 g/mol. The van der Waals surface area contributed by atoms with E-state index in [-0.39, 0.29) is 5.75 Å². The lowest BCUT2D eigenvalue weighted by atomic mass is 10.3. The van der Waals surface area contributed by atoms with Gasteiger partial charge in [-0.3, -0.25) is 0 Å². The molecule has 0 spiro atoms. The van der Waals surface area contributed by atoms with E-state index in [1.54, 1.807) is 31.3 Å². The third-order valence-electron chi connectivity index (χ3n) is 1.14. The van der Waals surface area contributed by atoms with Gasteiger partial charge in [-0.2, -0.15) is 0 Å². The van der Waals surface area contributed by atoms with Crippen LogP contribution in [-0.4, -0.2) is 12.2 Å². The Bertz CT molecular complexity index is 195. The highest BCUT2D eigenvalue weighted by molar-refractivity contribution is 5.44. The maximum atomic E-state index is 8.88. The summed E-state index contributed by atoms with van der Waals surface area (Å²) in [5, 5.41) is 8.88. The molecule has 3 N–H and O–H groups in total. The first kappa shape index (κ1) is 6.89. The molecule has 0 radical (unpaired) electrons. The van der Waals surface area contributed by atoms with E-state index < -0.39 is 0 Å². The van der Waals surface area contributed by atoms with Crippen LogP contribution in [0.15, 0.2) is 24.3 Å². The molecule has 0 aliphatic carbocycles. The van der Waals surface area contributed by atoms with Crippen LogP contribution >= 0.6 is 0 Å². The summed E-state index contributed by atoms with van der Waals surface area (Å²) in [6.07, 6.45) is 0. The SMILES string of the molecule is CNNc1ccc(O)cc1. The van der Waals surface area contributed by atoms with Gasteiger partial charge in [-0.1, -0.05) is 0 Å². The number of hydrogen-bond acceptors (Lipinski definition) is 3. The average Bonchev–Trinajstić information content (AvgIpc) is 1.95. The van der Waals surface area contributed by atoms with Crippen molar-refractivity contribution in [2.45, 2.75) is 0 Å². The molecule has 1 aromatic rings. The number of phenols is 1. The normalized spacial score (nSPS) is 9.30. The van der Waals surface area contributed by atoms with Crippen molar-refractivity contribution in [1.29, 1.82) is 0 Å². The number of hydrogen-bond donors (Lipinski definition) is 3. The van der Waals surface area contributed by atoms with Crippen LogP contribution in [-0.2, 0) is 0 Å². The fourth-order valence-corrected chi connectivity index (χ4v) is 0.689. The van der Waals surface area contributed by atoms with Crippen molar-refractivity contribution in [2.24, 2.45) is 0 Å². The van der Waals surface area contributed by atoms with E-state index in [1.165, 1.54) is 0 Å². The smallest absolute Gasteiger partial charge is 0.115 e. The summed E-state index contributed by atoms with van der Waals surface area (Å²) in [6, 6.07) is 6.82. The maximum absolute atomic E-state index is 8.88. The van der Waals surface area contributed by atoms with Crippen LogP contribution in [0, 0.1) is 0 Å². The fraction of sp³-hybridized carbons (Fsp3) is 0.143. The summed E-state index contributed by atoms with van der Waals surface area (Å²) < 4.78 is 0. The summed E-state index contributed by atoms with van der Waals surface area (Å²) in [5.74, 6) is 0.279. The van der Waals surface area contributed by atoms with Gasteiger partial charge in [0.2, 0.25) is 0 Å². The molecule has 0 aliphatic heterocycles. The zero-order valence-electron chi connectivity index (χ0n) is 5.76. The zero-order valence-corrected chi connectivity index (χ0v) is 5.76. The lowest BCUT2D eigenvalue weighted by Crippen LogP contribution is -2.14. The molecule has 3 heteroatoms. The molecule has 1 aromatic carbocycles. The van der Waals surface area contributed by atoms with Gasteiger partial charge in [-0.15, -0.1) is 0 Å². The summed E-state index contributed by atoms with van der Waals surface area (Å²) in [5.41, 5.74) is 6.58. The summed E-state index contributed by atoms with van der Waals surface area (Å²) in [6.45, 7) is 0. The van der Waals surface area contributed by atoms with Gasteiger partial charge in [-0.25, -0.2) is 5.43 Å². The molecule has 0 fully saturated rings. The Hall–Kier alpha value is -1.22. The second-order valence-electron chi connectivity index (χ2n) is 1.92. The summed E-state index contributed by atoms with van der Waals surface area (Å²) in [7, 11) is 1.78. The second-order valence-corrected chi connectivity index (χ2v) is 1.92. The molecule has 0 bridgehead atoms. The van der Waals surface area contributed by atoms with Crippen molar-refractivity contribution in [3.8, 4) is 5.75 Å². The number of aromatic hydroxyl groups is 1. The highest BCUT2D eigenvalue weighted by Crippen LogP contribution is 2.12. The van der Waals surface area contributed by atoms with Crippen LogP contribution in [0.1, 0.15) is 0 Å². The lowest BCUT2D eigenvalue weighted by Gasteiger charge is -2.02. The van der Waals surface area contributed by atoms with Crippen molar-refractivity contribution >= 4 is 5.69 Å². The minimum absolute atomic E-state index is 0.279. The van der Waals surface area contributed by atoms with E-state index in [4.69, 9.17) is 5.11 Å². The first-order valence-corrected chi connectivity index (χ1v) is 3.04. The van der Waals surface area contributed by atoms with Crippen molar-refractivity contribution in [3.63, 3.8) is 0 Å². The molecule has 0 unspecified atom stereocenters. The Kier molecular flexibility index (Phi) is 2.12. The van der Waals surface area contributed by atoms with Crippen molar-refractivity contribution < 1.29 is 5.11 Å². The first-order valence-electron chi connectivity index (χ1n) is 3.04. The minimum atomic E-state index is 0.279. The van der Waals surface area contributed by atoms with Gasteiger partial charge in [0.1, 0.15) is 5.75 Å². The van der Waals surface area contributed by atoms with Crippen molar-refractivity contribution in [2.75, 3.05) is 12.5 Å². The number of anilines is 1. The predicted molar refractivity (Wildman–Crippen MR) is 40.8 cm³/mol. The minimum Gasteiger partial charge on any atom is -0.508 e. The number of hydrazine groups is 1. The first-order chi connectivity index (χ1) is 4.83. The van der Waals surface area contributed by atoms with Crippen LogP contribution in [0.5, 0.6) is 5.75 Å². The molecule has 0 amide bonds. The van der Waals surface area contributed by atoms with Crippen LogP contribution in [0.25, 0.3) is 0 Å². The van der Waals surface area contributed by atoms with Gasteiger partial charge in [-0.05, 0) is 24.3 Å². The third-order valence-corrected chi connectivity index (χ3v) is 1.14. The standard InChI is InChI=1S/C7H10N2O/c1-8-9-6-2-4-7(10)5-3-6/h2-5,8-10H,1H3. The number of phenolic OH excluding ortho intramolecular Hbond substituents is 1. The number of benzene rings is 1. The van der Waals surface area contributed by atoms with Gasteiger partial charge < -0.3 is 10.5 Å². The predicted octanol–water partition coefficient (Wildman–Crippen LogP) is 0.938. The topological polar surface area (TPSA) is 44.3 Å². The Balaban J connectivity index is 2.69. The monoisotopic (exact) mass is 138 g/mol. The molecule has 0 atom stereocenters. The Labute approximate surface area is 59.7 Å². The van der Waals surface area contributed by atoms with Gasteiger partial charge in [0, 0.05) is 12.7 Å². The average molecular weight is 138 g/mol. The Morgan fingerprint density at radius 2 is 1.80 bits per heavy atom. The Morgan fingerprint density at radius 1 is 1.20 bits per heavy atom. The van der Waals surface area contributed by atoms with Gasteiger partial charge in [0.05, 0.1) is 0 Å². The van der Waals surface area contributed by atoms with Crippen LogP contribution in [0.3, 0.4) is 0 Å². The highest BCUT2D eigenvalue weighted by Gasteiger charge is 1.87. The molecule has 3 nitrogen and oxygen atoms in total. The molecule has 0 saturated heterocycles. The molecule has 0 aliphatic rings. The summed E-state index contributed by atoms with van der Waals surface area (Å²) >= 11 is 0. The quantitative estimate of drug-likeness (QED) is 0.421. The number of rotatable bonds is 2. The molecule has 0 aromatic heterocycles. The fourth-order valence-electron chi connectivity index (χ4n) is 0.689. The van der Waals surface area contributed by atoms with Gasteiger partial charge in [0.15, 0.2) is 0 Å². The highest BCUT2D eigenvalue weighted by atomic mass is 16.3. The number of nitrogens with one attached hydrogen (secondary N) is 2. The van der Waals surface area contributed by atoms with Crippen molar-refractivity contribution in [3.05, 3.63) is 24.3 Å². The molecule has 0 saturated carbocycles. The van der Waals surface area contributed by atoms with Crippen LogP contribution < -0.4 is 10.9 Å². The van der Waals surface area contributed by atoms with Crippen molar-refractivity contribution in [1.82, 2.24) is 5.43 Å². The van der Waals surface area contributed by atoms with Gasteiger partial charge in [0.25, 0.3) is 0 Å². The second kappa shape index (κ2) is 3.08. The van der Waals surface area contributed by atoms with E-state index in [0.717, 1.165) is 5.69 Å². The van der Waals surface area contributed by atoms with E-state index in [1.807, 2.05) is 0 Å². The zero-order chi connectivity index (χ0) is 7.40. The van der Waals surface area contributed by atoms with E-state index >= 15 is 0 Å². The molecule has 0 heterocycles. The largest absolute Gasteiger partial charge is 0.508 e. The van der Waals surface area contributed by atoms with E-state index in [2.05, 4.69) is 10.9 Å². The van der Waals surface area contributed by atoms with Crippen LogP contribution in [0.2, 0.25) is 0 Å². The molecular formula is C7H10N2O. The van der Waals surface area contributed by atoms with Gasteiger partial charge >= 0.3 is 0 Å². The lowest BCUT2D eigenvalue weighted by molar-refractivity contribution is 0.475. The van der Waals surface area contributed by atoms with E-state index in [9.17, 15) is 0 Å². The maximum Gasteiger partial charge on any atom is 0.115 e. The summed E-state index contributed by atoms with van der Waals surface area (Å²) in [4.78, 5) is 0. The Morgan fingerprint density at radius 3 is 2.30 bits per heavy atom.